The largest absolute Gasteiger partial charge is 0.354 e. The molecular weight excluding hydrogens is 348 g/mol. The smallest absolute Gasteiger partial charge is 0.274 e. The first-order chi connectivity index (χ1) is 13.6. The number of carbonyl (C=O) groups excluding carboxylic acids is 1. The molecule has 0 spiro atoms. The quantitative estimate of drug-likeness (QED) is 0.551. The number of aryl methyl sites for hydroxylation is 1. The Kier molecular flexibility index (Phi) is 6.73. The van der Waals surface area contributed by atoms with E-state index in [1.54, 1.807) is 12.3 Å². The van der Waals surface area contributed by atoms with Gasteiger partial charge in [-0.25, -0.2) is 9.97 Å². The summed E-state index contributed by atoms with van der Waals surface area (Å²) in [6.45, 7) is 5.03. The summed E-state index contributed by atoms with van der Waals surface area (Å²) in [4.78, 5) is 21.0. The molecule has 1 heterocycles. The molecule has 2 N–H and O–H groups in total. The Bertz CT molecular complexity index is 892. The highest BCUT2D eigenvalue weighted by atomic mass is 16.1. The minimum atomic E-state index is -0.243. The molecule has 3 aromatic rings. The van der Waals surface area contributed by atoms with Crippen molar-refractivity contribution in [2.45, 2.75) is 32.6 Å². The van der Waals surface area contributed by atoms with Crippen LogP contribution in [0.1, 0.15) is 47.8 Å². The number of amides is 1. The van der Waals surface area contributed by atoms with E-state index in [1.807, 2.05) is 42.5 Å². The Hall–Kier alpha value is -3.21. The number of anilines is 2. The minimum absolute atomic E-state index is 0.243. The van der Waals surface area contributed by atoms with Gasteiger partial charge in [0.15, 0.2) is 0 Å². The molecular formula is C23H26N4O. The number of nitrogens with zero attached hydrogens (tertiary/aromatic N) is 2. The second kappa shape index (κ2) is 9.65. The van der Waals surface area contributed by atoms with Crippen LogP contribution < -0.4 is 10.6 Å². The van der Waals surface area contributed by atoms with Crippen LogP contribution in [0.3, 0.4) is 0 Å². The Morgan fingerprint density at radius 1 is 1.00 bits per heavy atom. The summed E-state index contributed by atoms with van der Waals surface area (Å²) in [5.74, 6) is 0.685. The van der Waals surface area contributed by atoms with Gasteiger partial charge in [0.25, 0.3) is 5.91 Å². The topological polar surface area (TPSA) is 66.9 Å². The van der Waals surface area contributed by atoms with E-state index in [0.29, 0.717) is 17.6 Å². The van der Waals surface area contributed by atoms with Gasteiger partial charge in [0, 0.05) is 18.4 Å². The number of rotatable bonds is 8. The van der Waals surface area contributed by atoms with Crippen molar-refractivity contribution in [2.75, 3.05) is 17.2 Å². The van der Waals surface area contributed by atoms with Crippen LogP contribution in [0.5, 0.6) is 0 Å². The van der Waals surface area contributed by atoms with Crippen molar-refractivity contribution in [3.8, 4) is 0 Å². The zero-order chi connectivity index (χ0) is 19.8. The van der Waals surface area contributed by atoms with E-state index in [0.717, 1.165) is 25.1 Å². The van der Waals surface area contributed by atoms with E-state index in [9.17, 15) is 4.79 Å². The van der Waals surface area contributed by atoms with Gasteiger partial charge in [-0.3, -0.25) is 4.79 Å². The van der Waals surface area contributed by atoms with E-state index in [2.05, 4.69) is 46.6 Å². The zero-order valence-corrected chi connectivity index (χ0v) is 16.4. The molecule has 1 amide bonds. The molecule has 28 heavy (non-hydrogen) atoms. The summed E-state index contributed by atoms with van der Waals surface area (Å²) in [5, 5.41) is 6.08. The molecule has 5 heteroatoms. The molecule has 5 nitrogen and oxygen atoms in total. The minimum Gasteiger partial charge on any atom is -0.354 e. The molecule has 0 saturated carbocycles. The molecule has 0 fully saturated rings. The first-order valence-corrected chi connectivity index (χ1v) is 9.64. The lowest BCUT2D eigenvalue weighted by Gasteiger charge is -2.09. The lowest BCUT2D eigenvalue weighted by molar-refractivity contribution is 0.102. The van der Waals surface area contributed by atoms with Crippen molar-refractivity contribution in [3.63, 3.8) is 0 Å². The van der Waals surface area contributed by atoms with E-state index in [-0.39, 0.29) is 5.91 Å². The van der Waals surface area contributed by atoms with Gasteiger partial charge in [-0.1, -0.05) is 56.3 Å². The third kappa shape index (κ3) is 5.64. The van der Waals surface area contributed by atoms with Gasteiger partial charge in [-0.15, -0.1) is 0 Å². The highest BCUT2D eigenvalue weighted by Gasteiger charge is 2.09. The van der Waals surface area contributed by atoms with Crippen LogP contribution in [0, 0.1) is 0 Å². The van der Waals surface area contributed by atoms with Crippen LogP contribution >= 0.6 is 0 Å². The van der Waals surface area contributed by atoms with E-state index < -0.39 is 0 Å². The van der Waals surface area contributed by atoms with Crippen molar-refractivity contribution in [1.82, 2.24) is 9.97 Å². The maximum absolute atomic E-state index is 12.5. The molecule has 0 aliphatic carbocycles. The van der Waals surface area contributed by atoms with Crippen LogP contribution in [0.2, 0.25) is 0 Å². The molecule has 0 unspecified atom stereocenters. The van der Waals surface area contributed by atoms with Crippen LogP contribution in [0.15, 0.2) is 66.9 Å². The zero-order valence-electron chi connectivity index (χ0n) is 16.4. The number of aromatic nitrogens is 2. The summed E-state index contributed by atoms with van der Waals surface area (Å²) < 4.78 is 0. The van der Waals surface area contributed by atoms with Crippen molar-refractivity contribution >= 4 is 17.5 Å². The third-order valence-electron chi connectivity index (χ3n) is 4.49. The number of hydrogen-bond donors (Lipinski definition) is 2. The number of benzene rings is 2. The fourth-order valence-electron chi connectivity index (χ4n) is 2.85. The monoisotopic (exact) mass is 374 g/mol. The van der Waals surface area contributed by atoms with Crippen molar-refractivity contribution in [3.05, 3.63) is 83.7 Å². The maximum Gasteiger partial charge on any atom is 0.274 e. The van der Waals surface area contributed by atoms with Gasteiger partial charge in [0.1, 0.15) is 5.69 Å². The summed E-state index contributed by atoms with van der Waals surface area (Å²) >= 11 is 0. The predicted molar refractivity (Wildman–Crippen MR) is 114 cm³/mol. The van der Waals surface area contributed by atoms with Gasteiger partial charge >= 0.3 is 0 Å². The van der Waals surface area contributed by atoms with Crippen LogP contribution in [-0.2, 0) is 6.42 Å². The van der Waals surface area contributed by atoms with Gasteiger partial charge in [0.2, 0.25) is 5.95 Å². The third-order valence-corrected chi connectivity index (χ3v) is 4.49. The molecule has 0 aliphatic heterocycles. The second-order valence-electron chi connectivity index (χ2n) is 7.01. The van der Waals surface area contributed by atoms with Crippen molar-refractivity contribution in [2.24, 2.45) is 0 Å². The molecule has 0 aliphatic rings. The molecule has 0 saturated heterocycles. The standard InChI is InChI=1S/C23H26N4O/c1-17(2)19-10-12-20(13-11-19)26-22(28)21-14-16-25-23(27-21)24-15-6-9-18-7-4-3-5-8-18/h3-5,7-8,10-14,16-17H,6,9,15H2,1-2H3,(H,26,28)(H,24,25,27). The highest BCUT2D eigenvalue weighted by Crippen LogP contribution is 2.17. The number of hydrogen-bond acceptors (Lipinski definition) is 4. The summed E-state index contributed by atoms with van der Waals surface area (Å²) in [7, 11) is 0. The average Bonchev–Trinajstić information content (AvgIpc) is 2.72. The van der Waals surface area contributed by atoms with Crippen LogP contribution in [0.25, 0.3) is 0 Å². The molecule has 144 valence electrons. The Balaban J connectivity index is 1.52. The van der Waals surface area contributed by atoms with E-state index in [1.165, 1.54) is 11.1 Å². The molecule has 0 atom stereocenters. The van der Waals surface area contributed by atoms with Gasteiger partial charge in [0.05, 0.1) is 0 Å². The van der Waals surface area contributed by atoms with Crippen LogP contribution in [-0.4, -0.2) is 22.4 Å². The molecule has 2 aromatic carbocycles. The number of nitrogens with one attached hydrogen (secondary N) is 2. The highest BCUT2D eigenvalue weighted by molar-refractivity contribution is 6.02. The summed E-state index contributed by atoms with van der Waals surface area (Å²) in [6.07, 6.45) is 3.55. The molecule has 0 radical (unpaired) electrons. The fourth-order valence-corrected chi connectivity index (χ4v) is 2.85. The summed E-state index contributed by atoms with van der Waals surface area (Å²) in [6, 6.07) is 19.9. The lowest BCUT2D eigenvalue weighted by Crippen LogP contribution is -2.15. The van der Waals surface area contributed by atoms with Gasteiger partial charge in [-0.2, -0.15) is 0 Å². The van der Waals surface area contributed by atoms with E-state index >= 15 is 0 Å². The van der Waals surface area contributed by atoms with Crippen molar-refractivity contribution in [1.29, 1.82) is 0 Å². The average molecular weight is 374 g/mol. The Labute approximate surface area is 166 Å². The number of carbonyl (C=O) groups is 1. The van der Waals surface area contributed by atoms with Crippen LogP contribution in [0.4, 0.5) is 11.6 Å². The Morgan fingerprint density at radius 2 is 1.75 bits per heavy atom. The van der Waals surface area contributed by atoms with Gasteiger partial charge < -0.3 is 10.6 Å². The summed E-state index contributed by atoms with van der Waals surface area (Å²) in [5.41, 5.74) is 3.64. The predicted octanol–water partition coefficient (Wildman–Crippen LogP) is 4.90. The SMILES string of the molecule is CC(C)c1ccc(NC(=O)c2ccnc(NCCCc3ccccc3)n2)cc1. The van der Waals surface area contributed by atoms with Crippen molar-refractivity contribution < 1.29 is 4.79 Å². The van der Waals surface area contributed by atoms with Gasteiger partial charge in [-0.05, 0) is 48.1 Å². The molecule has 1 aromatic heterocycles. The Morgan fingerprint density at radius 3 is 2.46 bits per heavy atom. The lowest BCUT2D eigenvalue weighted by atomic mass is 10.0. The maximum atomic E-state index is 12.5. The first kappa shape index (κ1) is 19.5. The second-order valence-corrected chi connectivity index (χ2v) is 7.01. The molecule has 0 bridgehead atoms. The van der Waals surface area contributed by atoms with E-state index in [4.69, 9.17) is 0 Å². The normalized spacial score (nSPS) is 10.7. The molecule has 3 rings (SSSR count). The first-order valence-electron chi connectivity index (χ1n) is 9.64. The fraction of sp³-hybridized carbons (Fsp3) is 0.261.